The summed E-state index contributed by atoms with van der Waals surface area (Å²) in [6.45, 7) is 1.22. The van der Waals surface area contributed by atoms with Gasteiger partial charge in [0.25, 0.3) is 0 Å². The number of carboxylic acids is 2. The standard InChI is InChI=1S/C3H8O3.2C2H4O2.Mn/c4-1-3(6)2-5;2*1-2(3)4;/h3-6H,1-2H2;2*1H3,(H,3,4);/q;;;+2/p-2. The molecular formula is C7H14MnO7. The van der Waals surface area contributed by atoms with Crippen LogP contribution in [0.2, 0.25) is 0 Å². The van der Waals surface area contributed by atoms with Gasteiger partial charge in [-0.15, -0.1) is 0 Å². The van der Waals surface area contributed by atoms with E-state index in [0.29, 0.717) is 0 Å². The first-order valence-electron chi connectivity index (χ1n) is 3.52. The van der Waals surface area contributed by atoms with Gasteiger partial charge in [-0.2, -0.15) is 0 Å². The minimum atomic E-state index is -1.08. The van der Waals surface area contributed by atoms with Crippen molar-refractivity contribution in [2.45, 2.75) is 20.0 Å². The molecule has 0 aliphatic carbocycles. The van der Waals surface area contributed by atoms with Crippen LogP contribution in [0, 0.1) is 0 Å². The van der Waals surface area contributed by atoms with Crippen molar-refractivity contribution >= 4 is 11.9 Å². The van der Waals surface area contributed by atoms with Crippen LogP contribution >= 0.6 is 0 Å². The molecule has 91 valence electrons. The minimum Gasteiger partial charge on any atom is -0.550 e. The van der Waals surface area contributed by atoms with Gasteiger partial charge in [0, 0.05) is 11.9 Å². The predicted molar refractivity (Wildman–Crippen MR) is 41.5 cm³/mol. The Hall–Kier alpha value is -0.661. The van der Waals surface area contributed by atoms with E-state index >= 15 is 0 Å². The first-order valence-corrected chi connectivity index (χ1v) is 3.52. The van der Waals surface area contributed by atoms with Crippen LogP contribution in [-0.2, 0) is 26.7 Å². The summed E-state index contributed by atoms with van der Waals surface area (Å²) in [5.74, 6) is -2.17. The van der Waals surface area contributed by atoms with E-state index in [1.54, 1.807) is 0 Å². The summed E-state index contributed by atoms with van der Waals surface area (Å²) in [6.07, 6.45) is -0.954. The Morgan fingerprint density at radius 3 is 1.20 bits per heavy atom. The molecule has 0 aromatic rings. The second kappa shape index (κ2) is 19.0. The molecule has 0 atom stereocenters. The van der Waals surface area contributed by atoms with E-state index in [1.807, 2.05) is 0 Å². The number of carbonyl (C=O) groups excluding carboxylic acids is 2. The van der Waals surface area contributed by atoms with Crippen molar-refractivity contribution in [3.05, 3.63) is 0 Å². The Morgan fingerprint density at radius 2 is 1.20 bits per heavy atom. The van der Waals surface area contributed by atoms with Gasteiger partial charge in [0.2, 0.25) is 0 Å². The molecule has 0 saturated carbocycles. The van der Waals surface area contributed by atoms with Gasteiger partial charge in [-0.3, -0.25) is 0 Å². The van der Waals surface area contributed by atoms with Crippen molar-refractivity contribution in [3.8, 4) is 0 Å². The first kappa shape index (κ1) is 23.9. The van der Waals surface area contributed by atoms with E-state index in [1.165, 1.54) is 0 Å². The SMILES string of the molecule is CC(=O)[O-].CC(=O)[O-].OCC(O)CO.[Mn+2]. The maximum atomic E-state index is 8.89. The maximum absolute atomic E-state index is 8.89. The molecule has 0 bridgehead atoms. The van der Waals surface area contributed by atoms with Crippen molar-refractivity contribution in [1.82, 2.24) is 0 Å². The molecular weight excluding hydrogens is 251 g/mol. The van der Waals surface area contributed by atoms with Gasteiger partial charge in [0.15, 0.2) is 0 Å². The largest absolute Gasteiger partial charge is 2.00 e. The van der Waals surface area contributed by atoms with Crippen molar-refractivity contribution in [3.63, 3.8) is 0 Å². The van der Waals surface area contributed by atoms with Crippen LogP contribution in [0.3, 0.4) is 0 Å². The molecule has 0 aromatic carbocycles. The van der Waals surface area contributed by atoms with E-state index in [9.17, 15) is 0 Å². The zero-order valence-electron chi connectivity index (χ0n) is 8.34. The van der Waals surface area contributed by atoms with Crippen LogP contribution in [0.25, 0.3) is 0 Å². The average molecular weight is 265 g/mol. The Labute approximate surface area is 97.8 Å². The molecule has 0 aliphatic heterocycles. The van der Waals surface area contributed by atoms with E-state index in [4.69, 9.17) is 35.1 Å². The summed E-state index contributed by atoms with van der Waals surface area (Å²) >= 11 is 0. The third-order valence-electron chi connectivity index (χ3n) is 0.421. The molecule has 15 heavy (non-hydrogen) atoms. The fourth-order valence-corrected chi connectivity index (χ4v) is 0.0577. The van der Waals surface area contributed by atoms with E-state index in [0.717, 1.165) is 13.8 Å². The van der Waals surface area contributed by atoms with Gasteiger partial charge in [-0.25, -0.2) is 0 Å². The van der Waals surface area contributed by atoms with Crippen molar-refractivity contribution in [2.75, 3.05) is 13.2 Å². The summed E-state index contributed by atoms with van der Waals surface area (Å²) in [7, 11) is 0. The second-order valence-corrected chi connectivity index (χ2v) is 2.00. The molecule has 0 heterocycles. The quantitative estimate of drug-likeness (QED) is 0.430. The predicted octanol–water partition coefficient (Wildman–Crippen LogP) is -4.16. The molecule has 0 amide bonds. The van der Waals surface area contributed by atoms with Gasteiger partial charge in [0.05, 0.1) is 13.2 Å². The van der Waals surface area contributed by atoms with Crippen LogP contribution in [0.5, 0.6) is 0 Å². The third kappa shape index (κ3) is 154. The number of carbonyl (C=O) groups is 2. The molecule has 0 spiro atoms. The number of aliphatic hydroxyl groups excluding tert-OH is 3. The Balaban J connectivity index is -0.0000000606. The fraction of sp³-hybridized carbons (Fsp3) is 0.714. The zero-order chi connectivity index (χ0) is 12.1. The first-order chi connectivity index (χ1) is 6.27. The minimum absolute atomic E-state index is 0. The molecule has 3 N–H and O–H groups in total. The number of hydrogen-bond donors (Lipinski definition) is 3. The Bertz CT molecular complexity index is 126. The van der Waals surface area contributed by atoms with Gasteiger partial charge >= 0.3 is 17.1 Å². The molecule has 0 fully saturated rings. The summed E-state index contributed by atoms with van der Waals surface area (Å²) in [4.78, 5) is 17.8. The average Bonchev–Trinajstić information content (AvgIpc) is 2.01. The van der Waals surface area contributed by atoms with Crippen molar-refractivity contribution in [2.24, 2.45) is 0 Å². The number of rotatable bonds is 2. The number of aliphatic hydroxyl groups is 3. The molecule has 0 saturated heterocycles. The van der Waals surface area contributed by atoms with Crippen molar-refractivity contribution < 1.29 is 52.2 Å². The van der Waals surface area contributed by atoms with Crippen LogP contribution in [0.1, 0.15) is 13.8 Å². The summed E-state index contributed by atoms with van der Waals surface area (Å²) in [5.41, 5.74) is 0. The van der Waals surface area contributed by atoms with E-state index in [2.05, 4.69) is 0 Å². The number of hydrogen-bond acceptors (Lipinski definition) is 7. The maximum Gasteiger partial charge on any atom is 2.00 e. The number of aliphatic carboxylic acids is 2. The van der Waals surface area contributed by atoms with Gasteiger partial charge in [-0.05, 0) is 13.8 Å². The van der Waals surface area contributed by atoms with Crippen LogP contribution in [-0.4, -0.2) is 46.6 Å². The molecule has 7 nitrogen and oxygen atoms in total. The molecule has 0 unspecified atom stereocenters. The van der Waals surface area contributed by atoms with E-state index < -0.39 is 18.0 Å². The Kier molecular flexibility index (Phi) is 30.2. The fourth-order valence-electron chi connectivity index (χ4n) is 0.0577. The van der Waals surface area contributed by atoms with Gasteiger partial charge in [-0.1, -0.05) is 0 Å². The second-order valence-electron chi connectivity index (χ2n) is 2.00. The van der Waals surface area contributed by atoms with Crippen LogP contribution in [0.4, 0.5) is 0 Å². The van der Waals surface area contributed by atoms with Crippen molar-refractivity contribution in [1.29, 1.82) is 0 Å². The summed E-state index contributed by atoms with van der Waals surface area (Å²) in [5, 5.41) is 41.8. The topological polar surface area (TPSA) is 141 Å². The van der Waals surface area contributed by atoms with Crippen LogP contribution in [0.15, 0.2) is 0 Å². The van der Waals surface area contributed by atoms with Gasteiger partial charge < -0.3 is 35.1 Å². The summed E-state index contributed by atoms with van der Waals surface area (Å²) in [6, 6.07) is 0. The monoisotopic (exact) mass is 265 g/mol. The molecule has 1 radical (unpaired) electrons. The molecule has 0 aliphatic rings. The third-order valence-corrected chi connectivity index (χ3v) is 0.421. The number of carboxylic acid groups (broad SMARTS) is 2. The molecule has 0 rings (SSSR count). The van der Waals surface area contributed by atoms with Crippen LogP contribution < -0.4 is 10.2 Å². The normalized spacial score (nSPS) is 7.33. The smallest absolute Gasteiger partial charge is 0.550 e. The van der Waals surface area contributed by atoms with E-state index in [-0.39, 0.29) is 30.3 Å². The molecule has 8 heteroatoms. The molecule has 0 aromatic heterocycles. The summed E-state index contributed by atoms with van der Waals surface area (Å²) < 4.78 is 0. The Morgan fingerprint density at radius 1 is 1.07 bits per heavy atom. The zero-order valence-corrected chi connectivity index (χ0v) is 9.52. The van der Waals surface area contributed by atoms with Gasteiger partial charge in [0.1, 0.15) is 6.10 Å².